The van der Waals surface area contributed by atoms with E-state index in [-0.39, 0.29) is 18.5 Å². The van der Waals surface area contributed by atoms with E-state index in [9.17, 15) is 19.8 Å². The Morgan fingerprint density at radius 2 is 0.532 bits per heavy atom. The molecule has 0 bridgehead atoms. The number of ether oxygens (including phenoxy) is 1. The standard InChI is InChI=1S/C71H141NO5/c1-3-5-7-9-11-13-14-45-49-53-57-61-65-71(76)77-66-62-58-54-50-46-43-41-39-37-35-33-31-29-27-25-23-21-19-17-15-16-18-20-22-24-26-28-30-32-34-36-38-40-42-44-48-52-56-60-64-70(75)72-68(67-73)69(74)63-59-55-51-47-12-10-8-6-4-2/h68-69,73-74H,3-67H2,1-2H3,(H,72,75). The molecule has 6 nitrogen and oxygen atoms in total. The first-order valence-corrected chi connectivity index (χ1v) is 35.8. The third-order valence-corrected chi connectivity index (χ3v) is 17.2. The molecule has 0 aromatic carbocycles. The van der Waals surface area contributed by atoms with Crippen LogP contribution in [0.4, 0.5) is 0 Å². The maximum absolute atomic E-state index is 12.4. The van der Waals surface area contributed by atoms with Gasteiger partial charge in [-0.2, -0.15) is 0 Å². The summed E-state index contributed by atoms with van der Waals surface area (Å²) in [5.74, 6) is -0.00318. The lowest BCUT2D eigenvalue weighted by Gasteiger charge is -2.22. The van der Waals surface area contributed by atoms with Crippen molar-refractivity contribution in [1.29, 1.82) is 0 Å². The highest BCUT2D eigenvalue weighted by atomic mass is 16.5. The molecule has 0 fully saturated rings. The number of hydrogen-bond acceptors (Lipinski definition) is 5. The van der Waals surface area contributed by atoms with Gasteiger partial charge >= 0.3 is 5.97 Å². The second kappa shape index (κ2) is 67.4. The van der Waals surface area contributed by atoms with Crippen molar-refractivity contribution in [2.45, 2.75) is 431 Å². The van der Waals surface area contributed by atoms with Gasteiger partial charge in [-0.1, -0.05) is 380 Å². The van der Waals surface area contributed by atoms with E-state index in [1.807, 2.05) is 0 Å². The van der Waals surface area contributed by atoms with Crippen molar-refractivity contribution in [3.63, 3.8) is 0 Å². The first-order valence-electron chi connectivity index (χ1n) is 35.8. The third-order valence-electron chi connectivity index (χ3n) is 17.2. The van der Waals surface area contributed by atoms with Crippen LogP contribution in [0.2, 0.25) is 0 Å². The topological polar surface area (TPSA) is 95.9 Å². The Hall–Kier alpha value is -1.14. The number of unbranched alkanes of at least 4 members (excludes halogenated alkanes) is 57. The molecular weight excluding hydrogens is 947 g/mol. The molecule has 0 rings (SSSR count). The summed E-state index contributed by atoms with van der Waals surface area (Å²) in [7, 11) is 0. The Morgan fingerprint density at radius 1 is 0.312 bits per heavy atom. The number of nitrogens with one attached hydrogen (secondary N) is 1. The molecule has 6 heteroatoms. The Kier molecular flexibility index (Phi) is 66.4. The first-order chi connectivity index (χ1) is 38.0. The maximum Gasteiger partial charge on any atom is 0.305 e. The van der Waals surface area contributed by atoms with Crippen LogP contribution in [0.1, 0.15) is 418 Å². The van der Waals surface area contributed by atoms with Crippen LogP contribution in [0, 0.1) is 0 Å². The van der Waals surface area contributed by atoms with E-state index < -0.39 is 12.1 Å². The van der Waals surface area contributed by atoms with Crippen LogP contribution in [0.25, 0.3) is 0 Å². The van der Waals surface area contributed by atoms with Gasteiger partial charge in [0.05, 0.1) is 25.4 Å². The Morgan fingerprint density at radius 3 is 0.792 bits per heavy atom. The molecule has 0 saturated heterocycles. The van der Waals surface area contributed by atoms with Crippen LogP contribution >= 0.6 is 0 Å². The number of amides is 1. The molecule has 1 amide bonds. The molecule has 0 radical (unpaired) electrons. The third kappa shape index (κ3) is 63.9. The summed E-state index contributed by atoms with van der Waals surface area (Å²) in [5.41, 5.74) is 0. The number of rotatable bonds is 68. The zero-order valence-electron chi connectivity index (χ0n) is 52.7. The molecule has 0 aromatic heterocycles. The van der Waals surface area contributed by atoms with Crippen molar-refractivity contribution >= 4 is 11.9 Å². The number of carbonyl (C=O) groups is 2. The minimum atomic E-state index is -0.656. The fraction of sp³-hybridized carbons (Fsp3) is 0.972. The highest BCUT2D eigenvalue weighted by Gasteiger charge is 2.20. The average Bonchev–Trinajstić information content (AvgIpc) is 3.43. The second-order valence-electron chi connectivity index (χ2n) is 24.9. The van der Waals surface area contributed by atoms with Gasteiger partial charge in [-0.3, -0.25) is 9.59 Å². The van der Waals surface area contributed by atoms with Gasteiger partial charge in [0.1, 0.15) is 0 Å². The van der Waals surface area contributed by atoms with Gasteiger partial charge in [0, 0.05) is 12.8 Å². The average molecular weight is 1090 g/mol. The summed E-state index contributed by atoms with van der Waals surface area (Å²) in [6, 6.07) is -0.533. The molecule has 2 unspecified atom stereocenters. The van der Waals surface area contributed by atoms with Crippen molar-refractivity contribution in [1.82, 2.24) is 5.32 Å². The number of carbonyl (C=O) groups excluding carboxylic acids is 2. The highest BCUT2D eigenvalue weighted by molar-refractivity contribution is 5.76. The number of esters is 1. The summed E-state index contributed by atoms with van der Waals surface area (Å²) >= 11 is 0. The van der Waals surface area contributed by atoms with E-state index in [1.54, 1.807) is 0 Å². The van der Waals surface area contributed by atoms with Crippen LogP contribution in [0.3, 0.4) is 0 Å². The van der Waals surface area contributed by atoms with Gasteiger partial charge in [0.25, 0.3) is 0 Å². The molecule has 2 atom stereocenters. The largest absolute Gasteiger partial charge is 0.466 e. The fourth-order valence-corrected chi connectivity index (χ4v) is 11.7. The maximum atomic E-state index is 12.4. The van der Waals surface area contributed by atoms with Gasteiger partial charge in [-0.15, -0.1) is 0 Å². The van der Waals surface area contributed by atoms with E-state index in [1.165, 1.54) is 347 Å². The predicted molar refractivity (Wildman–Crippen MR) is 338 cm³/mol. The van der Waals surface area contributed by atoms with Crippen molar-refractivity contribution < 1.29 is 24.5 Å². The lowest BCUT2D eigenvalue weighted by Crippen LogP contribution is -2.45. The molecule has 460 valence electrons. The van der Waals surface area contributed by atoms with Gasteiger partial charge in [-0.05, 0) is 25.7 Å². The van der Waals surface area contributed by atoms with Crippen LogP contribution in [0.5, 0.6) is 0 Å². The van der Waals surface area contributed by atoms with E-state index in [0.717, 1.165) is 38.5 Å². The van der Waals surface area contributed by atoms with Crippen molar-refractivity contribution in [3.05, 3.63) is 0 Å². The fourth-order valence-electron chi connectivity index (χ4n) is 11.7. The van der Waals surface area contributed by atoms with Crippen LogP contribution in [-0.4, -0.2) is 47.4 Å². The van der Waals surface area contributed by atoms with E-state index in [2.05, 4.69) is 19.2 Å². The monoisotopic (exact) mass is 1090 g/mol. The summed E-state index contributed by atoms with van der Waals surface area (Å²) in [6.07, 6.45) is 82.0. The molecule has 3 N–H and O–H groups in total. The molecule has 0 aliphatic carbocycles. The SMILES string of the molecule is CCCCCCCCCCCCCCC(=O)OCCCCCCCCCCCCCCCCCCCCCCCCCCCCCCCCCCCCCCCCCC(=O)NC(CO)C(O)CCCCCCCCCCC. The molecule has 0 aromatic rings. The molecule has 0 heterocycles. The quantitative estimate of drug-likeness (QED) is 0.0417. The molecule has 0 saturated carbocycles. The molecule has 0 aliphatic heterocycles. The van der Waals surface area contributed by atoms with Crippen molar-refractivity contribution in [3.8, 4) is 0 Å². The molecule has 77 heavy (non-hydrogen) atoms. The molecular formula is C71H141NO5. The minimum Gasteiger partial charge on any atom is -0.466 e. The zero-order valence-corrected chi connectivity index (χ0v) is 52.7. The Bertz CT molecular complexity index is 1120. The van der Waals surface area contributed by atoms with Gasteiger partial charge in [-0.25, -0.2) is 0 Å². The van der Waals surface area contributed by atoms with E-state index in [4.69, 9.17) is 4.74 Å². The molecule has 0 spiro atoms. The molecule has 0 aliphatic rings. The van der Waals surface area contributed by atoms with Crippen molar-refractivity contribution in [2.75, 3.05) is 13.2 Å². The summed E-state index contributed by atoms with van der Waals surface area (Å²) < 4.78 is 5.49. The van der Waals surface area contributed by atoms with Crippen molar-refractivity contribution in [2.24, 2.45) is 0 Å². The summed E-state index contributed by atoms with van der Waals surface area (Å²) in [6.45, 7) is 4.97. The van der Waals surface area contributed by atoms with Crippen LogP contribution < -0.4 is 5.32 Å². The lowest BCUT2D eigenvalue weighted by atomic mass is 10.0. The number of aliphatic hydroxyl groups excluding tert-OH is 2. The first kappa shape index (κ1) is 75.9. The van der Waals surface area contributed by atoms with Gasteiger partial charge < -0.3 is 20.3 Å². The number of hydrogen-bond donors (Lipinski definition) is 3. The zero-order chi connectivity index (χ0) is 55.7. The van der Waals surface area contributed by atoms with Gasteiger partial charge in [0.2, 0.25) is 5.91 Å². The van der Waals surface area contributed by atoms with E-state index >= 15 is 0 Å². The lowest BCUT2D eigenvalue weighted by molar-refractivity contribution is -0.143. The smallest absolute Gasteiger partial charge is 0.305 e. The van der Waals surface area contributed by atoms with Crippen LogP contribution in [0.15, 0.2) is 0 Å². The van der Waals surface area contributed by atoms with E-state index in [0.29, 0.717) is 25.9 Å². The van der Waals surface area contributed by atoms with Gasteiger partial charge in [0.15, 0.2) is 0 Å². The normalized spacial score (nSPS) is 12.4. The summed E-state index contributed by atoms with van der Waals surface area (Å²) in [4.78, 5) is 24.5. The predicted octanol–water partition coefficient (Wildman–Crippen LogP) is 23.0. The number of aliphatic hydroxyl groups is 2. The Balaban J connectivity index is 3.24. The minimum absolute atomic E-state index is 0.0256. The summed E-state index contributed by atoms with van der Waals surface area (Å²) in [5, 5.41) is 23.1. The second-order valence-corrected chi connectivity index (χ2v) is 24.9. The van der Waals surface area contributed by atoms with Crippen LogP contribution in [-0.2, 0) is 14.3 Å². The Labute approximate surface area is 483 Å². The highest BCUT2D eigenvalue weighted by Crippen LogP contribution is 2.20.